The van der Waals surface area contributed by atoms with Gasteiger partial charge in [0.2, 0.25) is 0 Å². The molecule has 0 aliphatic heterocycles. The molecule has 0 spiro atoms. The van der Waals surface area contributed by atoms with E-state index in [4.69, 9.17) is 9.57 Å². The maximum atomic E-state index is 12.8. The zero-order valence-electron chi connectivity index (χ0n) is 25.4. The zero-order valence-corrected chi connectivity index (χ0v) is 25.4. The van der Waals surface area contributed by atoms with Crippen LogP contribution in [0.1, 0.15) is 77.7 Å². The SMILES string of the molecule is COC(=O)[C@@H](Cc1c[nH]c2ccccc12)NC(=O)CO/N=C1\C=C2CC[C@@H]3[C@H](CC[C@@]4(C)[C@H]3CC[C@]4(C)O)[C@@]2(C)CC1. The highest BCUT2D eigenvalue weighted by atomic mass is 16.6. The molecule has 1 heterocycles. The number of fused-ring (bicyclic) bond motifs is 6. The van der Waals surface area contributed by atoms with Gasteiger partial charge in [0.25, 0.3) is 5.91 Å². The van der Waals surface area contributed by atoms with Gasteiger partial charge in [0.05, 0.1) is 18.4 Å². The molecular formula is C34H45N3O5. The van der Waals surface area contributed by atoms with Crippen molar-refractivity contribution in [2.75, 3.05) is 13.7 Å². The molecule has 0 unspecified atom stereocenters. The van der Waals surface area contributed by atoms with E-state index in [0.29, 0.717) is 24.2 Å². The predicted molar refractivity (Wildman–Crippen MR) is 162 cm³/mol. The third kappa shape index (κ3) is 4.85. The Hall–Kier alpha value is -3.13. The first-order valence-electron chi connectivity index (χ1n) is 15.6. The van der Waals surface area contributed by atoms with Gasteiger partial charge in [0.1, 0.15) is 6.04 Å². The van der Waals surface area contributed by atoms with Gasteiger partial charge in [0, 0.05) is 23.5 Å². The molecule has 0 radical (unpaired) electrons. The number of hydrogen-bond donors (Lipinski definition) is 3. The van der Waals surface area contributed by atoms with E-state index in [1.807, 2.05) is 30.5 Å². The summed E-state index contributed by atoms with van der Waals surface area (Å²) >= 11 is 0. The van der Waals surface area contributed by atoms with Crippen molar-refractivity contribution in [2.45, 2.75) is 90.2 Å². The van der Waals surface area contributed by atoms with Crippen molar-refractivity contribution in [1.82, 2.24) is 10.3 Å². The van der Waals surface area contributed by atoms with Gasteiger partial charge in [0.15, 0.2) is 6.61 Å². The summed E-state index contributed by atoms with van der Waals surface area (Å²) in [4.78, 5) is 33.9. The van der Waals surface area contributed by atoms with Gasteiger partial charge >= 0.3 is 5.97 Å². The summed E-state index contributed by atoms with van der Waals surface area (Å²) in [6.07, 6.45) is 12.8. The number of nitrogens with one attached hydrogen (secondary N) is 2. The van der Waals surface area contributed by atoms with Crippen LogP contribution in [-0.4, -0.2) is 53.0 Å². The molecule has 6 rings (SSSR count). The molecule has 3 saturated carbocycles. The highest BCUT2D eigenvalue weighted by molar-refractivity contribution is 5.96. The normalized spacial score (nSPS) is 35.5. The minimum Gasteiger partial charge on any atom is -0.467 e. The quantitative estimate of drug-likeness (QED) is 0.300. The second-order valence-corrected chi connectivity index (χ2v) is 13.8. The summed E-state index contributed by atoms with van der Waals surface area (Å²) in [6, 6.07) is 7.02. The first kappa shape index (κ1) is 29.0. The first-order chi connectivity index (χ1) is 20.1. The fourth-order valence-corrected chi connectivity index (χ4v) is 9.15. The molecule has 42 heavy (non-hydrogen) atoms. The highest BCUT2D eigenvalue weighted by Crippen LogP contribution is 2.67. The molecule has 8 nitrogen and oxygen atoms in total. The molecule has 1 amide bonds. The van der Waals surface area contributed by atoms with Crippen LogP contribution < -0.4 is 5.32 Å². The summed E-state index contributed by atoms with van der Waals surface area (Å²) in [5, 5.41) is 19.3. The van der Waals surface area contributed by atoms with Crippen LogP contribution in [0.2, 0.25) is 0 Å². The maximum Gasteiger partial charge on any atom is 0.328 e. The number of aliphatic hydroxyl groups is 1. The van der Waals surface area contributed by atoms with Crippen LogP contribution in [0, 0.1) is 28.6 Å². The van der Waals surface area contributed by atoms with Gasteiger partial charge in [-0.25, -0.2) is 4.79 Å². The number of methoxy groups -OCH3 is 1. The van der Waals surface area contributed by atoms with Crippen LogP contribution in [0.5, 0.6) is 0 Å². The number of allylic oxidation sites excluding steroid dienone is 2. The largest absolute Gasteiger partial charge is 0.467 e. The summed E-state index contributed by atoms with van der Waals surface area (Å²) in [5.74, 6) is 0.999. The van der Waals surface area contributed by atoms with Gasteiger partial charge < -0.3 is 25.0 Å². The molecule has 3 fully saturated rings. The monoisotopic (exact) mass is 575 g/mol. The molecule has 7 atom stereocenters. The average molecular weight is 576 g/mol. The van der Waals surface area contributed by atoms with E-state index in [-0.39, 0.29) is 17.4 Å². The summed E-state index contributed by atoms with van der Waals surface area (Å²) in [7, 11) is 1.32. The van der Waals surface area contributed by atoms with Crippen molar-refractivity contribution < 1.29 is 24.3 Å². The molecule has 0 saturated heterocycles. The van der Waals surface area contributed by atoms with Gasteiger partial charge in [-0.3, -0.25) is 4.79 Å². The van der Waals surface area contributed by atoms with E-state index in [1.165, 1.54) is 25.5 Å². The molecule has 8 heteroatoms. The Bertz CT molecular complexity index is 1430. The second kappa shape index (κ2) is 10.9. The number of H-pyrrole nitrogens is 1. The minimum absolute atomic E-state index is 0.0315. The molecule has 4 aliphatic carbocycles. The van der Waals surface area contributed by atoms with Gasteiger partial charge in [-0.1, -0.05) is 42.8 Å². The van der Waals surface area contributed by atoms with Crippen molar-refractivity contribution >= 4 is 28.5 Å². The lowest BCUT2D eigenvalue weighted by Crippen LogP contribution is -2.53. The molecule has 2 aromatic rings. The minimum atomic E-state index is -0.827. The third-order valence-corrected chi connectivity index (χ3v) is 11.8. The van der Waals surface area contributed by atoms with Gasteiger partial charge in [-0.2, -0.15) is 0 Å². The smallest absolute Gasteiger partial charge is 0.328 e. The third-order valence-electron chi connectivity index (χ3n) is 11.8. The van der Waals surface area contributed by atoms with Crippen LogP contribution in [-0.2, 0) is 25.6 Å². The first-order valence-corrected chi connectivity index (χ1v) is 15.6. The molecular weight excluding hydrogens is 530 g/mol. The Morgan fingerprint density at radius 2 is 1.88 bits per heavy atom. The van der Waals surface area contributed by atoms with Crippen molar-refractivity contribution in [3.63, 3.8) is 0 Å². The zero-order chi connectivity index (χ0) is 29.7. The van der Waals surface area contributed by atoms with Gasteiger partial charge in [-0.15, -0.1) is 0 Å². The highest BCUT2D eigenvalue weighted by Gasteiger charge is 2.62. The Morgan fingerprint density at radius 3 is 2.69 bits per heavy atom. The number of hydrogen-bond acceptors (Lipinski definition) is 6. The van der Waals surface area contributed by atoms with E-state index in [9.17, 15) is 14.7 Å². The van der Waals surface area contributed by atoms with Crippen LogP contribution in [0.4, 0.5) is 0 Å². The maximum absolute atomic E-state index is 12.8. The lowest BCUT2D eigenvalue weighted by atomic mass is 9.46. The summed E-state index contributed by atoms with van der Waals surface area (Å²) in [5.41, 5.74) is 3.87. The lowest BCUT2D eigenvalue weighted by Gasteiger charge is -2.59. The Morgan fingerprint density at radius 1 is 1.10 bits per heavy atom. The number of esters is 1. The van der Waals surface area contributed by atoms with Crippen LogP contribution in [0.3, 0.4) is 0 Å². The van der Waals surface area contributed by atoms with Crippen molar-refractivity contribution in [1.29, 1.82) is 0 Å². The van der Waals surface area contributed by atoms with E-state index < -0.39 is 23.5 Å². The van der Waals surface area contributed by atoms with Crippen molar-refractivity contribution in [2.24, 2.45) is 33.7 Å². The van der Waals surface area contributed by atoms with E-state index in [0.717, 1.165) is 60.7 Å². The number of aromatic nitrogens is 1. The number of para-hydroxylation sites is 1. The Balaban J connectivity index is 1.07. The fraction of sp³-hybridized carbons (Fsp3) is 0.618. The number of amides is 1. The number of oxime groups is 1. The second-order valence-electron chi connectivity index (χ2n) is 13.8. The number of ether oxygens (including phenoxy) is 1. The number of carbonyl (C=O) groups excluding carboxylic acids is 2. The van der Waals surface area contributed by atoms with E-state index >= 15 is 0 Å². The van der Waals surface area contributed by atoms with Crippen LogP contribution in [0.25, 0.3) is 10.9 Å². The van der Waals surface area contributed by atoms with E-state index in [1.54, 1.807) is 0 Å². The lowest BCUT2D eigenvalue weighted by molar-refractivity contribution is -0.145. The molecule has 3 N–H and O–H groups in total. The number of benzene rings is 1. The standard InChI is InChI=1S/C34H45N3O5/c1-32-14-11-23(18-22(32)9-10-25-26(32)12-15-33(2)27(25)13-16-34(33,3)40)37-42-20-30(38)36-29(31(39)41-4)17-21-19-35-28-8-6-5-7-24(21)28/h5-8,18-19,25-27,29,35,40H,9-17,20H2,1-4H3,(H,36,38)/b37-23-/t25-,26+,27+,29-,32+,33+,34+/m1/s1. The summed E-state index contributed by atoms with van der Waals surface area (Å²) in [6.45, 7) is 6.57. The Labute approximate surface area is 248 Å². The molecule has 1 aromatic carbocycles. The number of aromatic amines is 1. The Kier molecular flexibility index (Phi) is 7.49. The molecule has 1 aromatic heterocycles. The van der Waals surface area contributed by atoms with Crippen LogP contribution >= 0.6 is 0 Å². The average Bonchev–Trinajstić information content (AvgIpc) is 3.49. The summed E-state index contributed by atoms with van der Waals surface area (Å²) < 4.78 is 4.96. The topological polar surface area (TPSA) is 113 Å². The van der Waals surface area contributed by atoms with E-state index in [2.05, 4.69) is 42.3 Å². The van der Waals surface area contributed by atoms with Crippen molar-refractivity contribution in [3.8, 4) is 0 Å². The number of carbonyl (C=O) groups is 2. The van der Waals surface area contributed by atoms with Gasteiger partial charge in [-0.05, 0) is 105 Å². The molecule has 226 valence electrons. The van der Waals surface area contributed by atoms with Crippen LogP contribution in [0.15, 0.2) is 47.3 Å². The predicted octanol–water partition coefficient (Wildman–Crippen LogP) is 5.45. The molecule has 0 bridgehead atoms. The number of nitrogens with zero attached hydrogens (tertiary/aromatic N) is 1. The number of rotatable bonds is 7. The van der Waals surface area contributed by atoms with Crippen molar-refractivity contribution in [3.05, 3.63) is 47.7 Å². The molecule has 4 aliphatic rings. The fourth-order valence-electron chi connectivity index (χ4n) is 9.15.